The monoisotopic (exact) mass is 263 g/mol. The first-order valence-electron chi connectivity index (χ1n) is 5.99. The molecule has 0 fully saturated rings. The number of hydrogen-bond acceptors (Lipinski definition) is 5. The van der Waals surface area contributed by atoms with Crippen LogP contribution in [-0.2, 0) is 20.0 Å². The van der Waals surface area contributed by atoms with Gasteiger partial charge in [0.1, 0.15) is 5.82 Å². The summed E-state index contributed by atoms with van der Waals surface area (Å²) in [5.41, 5.74) is 0.537. The summed E-state index contributed by atoms with van der Waals surface area (Å²) in [6.45, 7) is 1.11. The number of benzene rings is 1. The van der Waals surface area contributed by atoms with Crippen molar-refractivity contribution in [3.8, 4) is 17.2 Å². The smallest absolute Gasteiger partial charge is 0.200 e. The first-order valence-corrected chi connectivity index (χ1v) is 5.99. The highest BCUT2D eigenvalue weighted by Gasteiger charge is 2.10. The van der Waals surface area contributed by atoms with Crippen LogP contribution in [0.5, 0.6) is 17.2 Å². The zero-order chi connectivity index (χ0) is 13.8. The van der Waals surface area contributed by atoms with Gasteiger partial charge < -0.3 is 25.2 Å². The van der Waals surface area contributed by atoms with Gasteiger partial charge in [0.25, 0.3) is 0 Å². The van der Waals surface area contributed by atoms with E-state index in [0.717, 1.165) is 12.2 Å². The summed E-state index contributed by atoms with van der Waals surface area (Å²) in [6.07, 6.45) is 4.41. The van der Waals surface area contributed by atoms with Crippen molar-refractivity contribution in [1.82, 2.24) is 14.9 Å². The molecule has 0 saturated carbocycles. The van der Waals surface area contributed by atoms with E-state index in [9.17, 15) is 15.3 Å². The van der Waals surface area contributed by atoms with Gasteiger partial charge in [-0.15, -0.1) is 0 Å². The van der Waals surface area contributed by atoms with E-state index in [-0.39, 0.29) is 11.5 Å². The van der Waals surface area contributed by atoms with Crippen molar-refractivity contribution in [3.63, 3.8) is 0 Å². The number of hydrogen-bond donors (Lipinski definition) is 4. The first-order chi connectivity index (χ1) is 9.09. The van der Waals surface area contributed by atoms with Gasteiger partial charge in [-0.2, -0.15) is 0 Å². The van der Waals surface area contributed by atoms with E-state index in [0.29, 0.717) is 18.7 Å². The molecule has 2 rings (SSSR count). The zero-order valence-corrected chi connectivity index (χ0v) is 10.7. The molecule has 6 heteroatoms. The lowest BCUT2D eigenvalue weighted by Gasteiger charge is -2.09. The van der Waals surface area contributed by atoms with E-state index in [1.165, 1.54) is 6.07 Å². The van der Waals surface area contributed by atoms with E-state index >= 15 is 0 Å². The summed E-state index contributed by atoms with van der Waals surface area (Å²) in [7, 11) is 1.94. The van der Waals surface area contributed by atoms with Crippen molar-refractivity contribution < 1.29 is 15.3 Å². The highest BCUT2D eigenvalue weighted by atomic mass is 16.3. The predicted octanol–water partition coefficient (Wildman–Crippen LogP) is 0.869. The minimum Gasteiger partial charge on any atom is -0.504 e. The SMILES string of the molecule is Cn1ccnc1CCNCc1ccc(O)c(O)c1O. The van der Waals surface area contributed by atoms with Gasteiger partial charge in [0, 0.05) is 44.5 Å². The largest absolute Gasteiger partial charge is 0.504 e. The van der Waals surface area contributed by atoms with Crippen LogP contribution in [0.3, 0.4) is 0 Å². The van der Waals surface area contributed by atoms with Gasteiger partial charge in [0.2, 0.25) is 5.75 Å². The van der Waals surface area contributed by atoms with Crippen molar-refractivity contribution in [2.75, 3.05) is 6.54 Å². The van der Waals surface area contributed by atoms with Crippen molar-refractivity contribution in [2.24, 2.45) is 7.05 Å². The van der Waals surface area contributed by atoms with Crippen LogP contribution in [-0.4, -0.2) is 31.4 Å². The average molecular weight is 263 g/mol. The Morgan fingerprint density at radius 3 is 2.68 bits per heavy atom. The molecular weight excluding hydrogens is 246 g/mol. The van der Waals surface area contributed by atoms with Crippen LogP contribution in [0.15, 0.2) is 24.5 Å². The van der Waals surface area contributed by atoms with E-state index in [1.54, 1.807) is 12.3 Å². The molecule has 0 spiro atoms. The molecule has 0 atom stereocenters. The maximum Gasteiger partial charge on any atom is 0.200 e. The molecule has 0 unspecified atom stereocenters. The minimum atomic E-state index is -0.483. The maximum absolute atomic E-state index is 9.64. The van der Waals surface area contributed by atoms with Crippen LogP contribution < -0.4 is 5.32 Å². The summed E-state index contributed by atoms with van der Waals surface area (Å²) >= 11 is 0. The maximum atomic E-state index is 9.64. The number of imidazole rings is 1. The quantitative estimate of drug-likeness (QED) is 0.474. The molecule has 0 bridgehead atoms. The summed E-state index contributed by atoms with van der Waals surface area (Å²) in [4.78, 5) is 4.20. The molecule has 1 aromatic carbocycles. The normalized spacial score (nSPS) is 10.8. The molecule has 0 aliphatic carbocycles. The number of aromatic hydroxyl groups is 3. The number of nitrogens with one attached hydrogen (secondary N) is 1. The third-order valence-corrected chi connectivity index (χ3v) is 2.98. The van der Waals surface area contributed by atoms with Gasteiger partial charge in [-0.3, -0.25) is 0 Å². The number of phenols is 3. The van der Waals surface area contributed by atoms with Gasteiger partial charge in [-0.25, -0.2) is 4.98 Å². The van der Waals surface area contributed by atoms with E-state index in [4.69, 9.17) is 0 Å². The Morgan fingerprint density at radius 1 is 1.21 bits per heavy atom. The van der Waals surface area contributed by atoms with Gasteiger partial charge in [-0.05, 0) is 6.07 Å². The Kier molecular flexibility index (Phi) is 3.91. The molecule has 0 saturated heterocycles. The van der Waals surface area contributed by atoms with Crippen LogP contribution in [0.4, 0.5) is 0 Å². The second-order valence-corrected chi connectivity index (χ2v) is 4.32. The number of aromatic nitrogens is 2. The molecule has 2 aromatic rings. The molecule has 1 heterocycles. The minimum absolute atomic E-state index is 0.288. The lowest BCUT2D eigenvalue weighted by atomic mass is 10.1. The van der Waals surface area contributed by atoms with Crippen LogP contribution >= 0.6 is 0 Å². The van der Waals surface area contributed by atoms with Gasteiger partial charge >= 0.3 is 0 Å². The second kappa shape index (κ2) is 5.62. The third kappa shape index (κ3) is 2.97. The van der Waals surface area contributed by atoms with Crippen molar-refractivity contribution >= 4 is 0 Å². The van der Waals surface area contributed by atoms with Gasteiger partial charge in [0.15, 0.2) is 11.5 Å². The average Bonchev–Trinajstić information content (AvgIpc) is 2.80. The van der Waals surface area contributed by atoms with Crippen molar-refractivity contribution in [3.05, 3.63) is 35.9 Å². The number of aryl methyl sites for hydroxylation is 1. The number of nitrogens with zero attached hydrogens (tertiary/aromatic N) is 2. The standard InChI is InChI=1S/C13H17N3O3/c1-16-7-6-15-11(16)4-5-14-8-9-2-3-10(17)13(19)12(9)18/h2-3,6-7,14,17-19H,4-5,8H2,1H3. The molecule has 1 aromatic heterocycles. The summed E-state index contributed by atoms with van der Waals surface area (Å²) in [5.74, 6) is -0.118. The molecule has 0 amide bonds. The van der Waals surface area contributed by atoms with Crippen molar-refractivity contribution in [1.29, 1.82) is 0 Å². The number of rotatable bonds is 5. The van der Waals surface area contributed by atoms with E-state index < -0.39 is 5.75 Å². The molecular formula is C13H17N3O3. The molecule has 6 nitrogen and oxygen atoms in total. The van der Waals surface area contributed by atoms with E-state index in [2.05, 4.69) is 10.3 Å². The van der Waals surface area contributed by atoms with Gasteiger partial charge in [0.05, 0.1) is 0 Å². The Bertz CT molecular complexity index is 566. The Morgan fingerprint density at radius 2 is 2.00 bits per heavy atom. The summed E-state index contributed by atoms with van der Waals surface area (Å²) in [6, 6.07) is 2.92. The van der Waals surface area contributed by atoms with Gasteiger partial charge in [-0.1, -0.05) is 6.07 Å². The lowest BCUT2D eigenvalue weighted by Crippen LogP contribution is -2.18. The zero-order valence-electron chi connectivity index (χ0n) is 10.7. The van der Waals surface area contributed by atoms with E-state index in [1.807, 2.05) is 17.8 Å². The fourth-order valence-electron chi connectivity index (χ4n) is 1.81. The first kappa shape index (κ1) is 13.2. The summed E-state index contributed by atoms with van der Waals surface area (Å²) < 4.78 is 1.95. The fraction of sp³-hybridized carbons (Fsp3) is 0.308. The number of phenolic OH excluding ortho intramolecular Hbond substituents is 3. The summed E-state index contributed by atoms with van der Waals surface area (Å²) in [5, 5.41) is 31.4. The lowest BCUT2D eigenvalue weighted by molar-refractivity contribution is 0.364. The Balaban J connectivity index is 1.86. The molecule has 4 N–H and O–H groups in total. The second-order valence-electron chi connectivity index (χ2n) is 4.32. The molecule has 0 radical (unpaired) electrons. The topological polar surface area (TPSA) is 90.5 Å². The molecule has 0 aliphatic heterocycles. The molecule has 19 heavy (non-hydrogen) atoms. The molecule has 102 valence electrons. The highest BCUT2D eigenvalue weighted by Crippen LogP contribution is 2.36. The van der Waals surface area contributed by atoms with Crippen LogP contribution in [0.2, 0.25) is 0 Å². The highest BCUT2D eigenvalue weighted by molar-refractivity contribution is 5.52. The fourth-order valence-corrected chi connectivity index (χ4v) is 1.81. The predicted molar refractivity (Wildman–Crippen MR) is 70.1 cm³/mol. The van der Waals surface area contributed by atoms with Crippen LogP contribution in [0.25, 0.3) is 0 Å². The Hall–Kier alpha value is -2.21. The Labute approximate surface area is 111 Å². The third-order valence-electron chi connectivity index (χ3n) is 2.98. The van der Waals surface area contributed by atoms with Crippen LogP contribution in [0.1, 0.15) is 11.4 Å². The van der Waals surface area contributed by atoms with Crippen LogP contribution in [0, 0.1) is 0 Å². The van der Waals surface area contributed by atoms with Crippen molar-refractivity contribution in [2.45, 2.75) is 13.0 Å². The molecule has 0 aliphatic rings.